The largest absolute Gasteiger partial charge is 0.437 e. The van der Waals surface area contributed by atoms with E-state index in [1.54, 1.807) is 0 Å². The Kier molecular flexibility index (Phi) is 4.89. The standard InChI is InChI=1S/C14H13BrCl2N2O/c1-7(2)9-5-11(8(3)4-10(9)16)20-14-12(15)13(17)18-6-19-14/h4-7H,1-3H3. The smallest absolute Gasteiger partial charge is 0.238 e. The molecule has 0 radical (unpaired) electrons. The molecule has 2 rings (SSSR count). The average molecular weight is 376 g/mol. The Bertz CT molecular complexity index is 647. The molecule has 0 N–H and O–H groups in total. The van der Waals surface area contributed by atoms with Gasteiger partial charge in [0.1, 0.15) is 16.5 Å². The Morgan fingerprint density at radius 1 is 1.20 bits per heavy atom. The molecule has 0 aliphatic rings. The molecule has 1 heterocycles. The fourth-order valence-corrected chi connectivity index (χ4v) is 2.58. The van der Waals surface area contributed by atoms with Gasteiger partial charge in [-0.1, -0.05) is 37.0 Å². The fourth-order valence-electron chi connectivity index (χ4n) is 1.73. The lowest BCUT2D eigenvalue weighted by Gasteiger charge is -2.14. The van der Waals surface area contributed by atoms with Crippen LogP contribution in [0, 0.1) is 6.92 Å². The lowest BCUT2D eigenvalue weighted by molar-refractivity contribution is 0.454. The molecule has 0 atom stereocenters. The van der Waals surface area contributed by atoms with Crippen LogP contribution in [0.3, 0.4) is 0 Å². The summed E-state index contributed by atoms with van der Waals surface area (Å²) in [7, 11) is 0. The minimum Gasteiger partial charge on any atom is -0.437 e. The van der Waals surface area contributed by atoms with Crippen LogP contribution in [0.1, 0.15) is 30.9 Å². The van der Waals surface area contributed by atoms with Crippen LogP contribution in [0.4, 0.5) is 0 Å². The third-order valence-electron chi connectivity index (χ3n) is 2.84. The van der Waals surface area contributed by atoms with E-state index >= 15 is 0 Å². The highest BCUT2D eigenvalue weighted by molar-refractivity contribution is 9.10. The zero-order valence-electron chi connectivity index (χ0n) is 11.2. The van der Waals surface area contributed by atoms with Crippen molar-refractivity contribution >= 4 is 39.1 Å². The van der Waals surface area contributed by atoms with Gasteiger partial charge in [0.2, 0.25) is 5.88 Å². The van der Waals surface area contributed by atoms with E-state index in [1.807, 2.05) is 19.1 Å². The minimum absolute atomic E-state index is 0.308. The average Bonchev–Trinajstić information content (AvgIpc) is 2.37. The third-order valence-corrected chi connectivity index (χ3v) is 4.39. The Labute approximate surface area is 136 Å². The molecule has 1 aromatic heterocycles. The van der Waals surface area contributed by atoms with Crippen LogP contribution in [-0.2, 0) is 0 Å². The second-order valence-corrected chi connectivity index (χ2v) is 6.24. The van der Waals surface area contributed by atoms with E-state index < -0.39 is 0 Å². The van der Waals surface area contributed by atoms with Gasteiger partial charge < -0.3 is 4.74 Å². The van der Waals surface area contributed by atoms with Gasteiger partial charge in [0, 0.05) is 5.02 Å². The maximum atomic E-state index is 6.24. The van der Waals surface area contributed by atoms with E-state index in [1.165, 1.54) is 6.33 Å². The maximum absolute atomic E-state index is 6.24. The molecule has 0 spiro atoms. The normalized spacial score (nSPS) is 10.9. The molecule has 0 fully saturated rings. The van der Waals surface area contributed by atoms with Gasteiger partial charge in [0.15, 0.2) is 5.15 Å². The first-order chi connectivity index (χ1) is 9.40. The Hall–Kier alpha value is -0.840. The summed E-state index contributed by atoms with van der Waals surface area (Å²) in [5, 5.41) is 1.05. The van der Waals surface area contributed by atoms with Gasteiger partial charge in [0.25, 0.3) is 0 Å². The Morgan fingerprint density at radius 2 is 1.90 bits per heavy atom. The van der Waals surface area contributed by atoms with Gasteiger partial charge in [-0.2, -0.15) is 0 Å². The lowest BCUT2D eigenvalue weighted by Crippen LogP contribution is -1.96. The number of rotatable bonds is 3. The number of hydrogen-bond donors (Lipinski definition) is 0. The molecule has 0 bridgehead atoms. The first kappa shape index (κ1) is 15.5. The number of halogens is 3. The molecule has 3 nitrogen and oxygen atoms in total. The van der Waals surface area contributed by atoms with Crippen molar-refractivity contribution in [2.24, 2.45) is 0 Å². The monoisotopic (exact) mass is 374 g/mol. The summed E-state index contributed by atoms with van der Waals surface area (Å²) in [6.07, 6.45) is 1.36. The van der Waals surface area contributed by atoms with Gasteiger partial charge in [-0.3, -0.25) is 0 Å². The second kappa shape index (κ2) is 6.29. The molecule has 0 aliphatic heterocycles. The van der Waals surface area contributed by atoms with Crippen molar-refractivity contribution < 1.29 is 4.74 Å². The molecule has 20 heavy (non-hydrogen) atoms. The SMILES string of the molecule is Cc1cc(Cl)c(C(C)C)cc1Oc1ncnc(Cl)c1Br. The van der Waals surface area contributed by atoms with Crippen molar-refractivity contribution in [3.8, 4) is 11.6 Å². The minimum atomic E-state index is 0.308. The number of ether oxygens (including phenoxy) is 1. The summed E-state index contributed by atoms with van der Waals surface area (Å²) in [5.74, 6) is 1.39. The summed E-state index contributed by atoms with van der Waals surface area (Å²) in [5.41, 5.74) is 1.96. The molecule has 0 amide bonds. The van der Waals surface area contributed by atoms with Crippen molar-refractivity contribution in [2.75, 3.05) is 0 Å². The summed E-state index contributed by atoms with van der Waals surface area (Å²) in [4.78, 5) is 7.94. The lowest BCUT2D eigenvalue weighted by atomic mass is 10.0. The van der Waals surface area contributed by atoms with Gasteiger partial charge >= 0.3 is 0 Å². The van der Waals surface area contributed by atoms with Crippen LogP contribution in [0.25, 0.3) is 0 Å². The number of aryl methyl sites for hydroxylation is 1. The summed E-state index contributed by atoms with van der Waals surface area (Å²) in [6.45, 7) is 6.09. The first-order valence-corrected chi connectivity index (χ1v) is 7.59. The van der Waals surface area contributed by atoms with Crippen molar-refractivity contribution in [3.63, 3.8) is 0 Å². The molecule has 2 aromatic rings. The Balaban J connectivity index is 2.43. The topological polar surface area (TPSA) is 35.0 Å². The molecule has 6 heteroatoms. The summed E-state index contributed by atoms with van der Waals surface area (Å²) < 4.78 is 6.36. The maximum Gasteiger partial charge on any atom is 0.238 e. The van der Waals surface area contributed by atoms with Crippen molar-refractivity contribution in [2.45, 2.75) is 26.7 Å². The number of benzene rings is 1. The van der Waals surface area contributed by atoms with Crippen LogP contribution in [0.15, 0.2) is 22.9 Å². The van der Waals surface area contributed by atoms with Crippen LogP contribution >= 0.6 is 39.1 Å². The van der Waals surface area contributed by atoms with Gasteiger partial charge in [-0.15, -0.1) is 0 Å². The van der Waals surface area contributed by atoms with Crippen LogP contribution in [0.2, 0.25) is 10.2 Å². The van der Waals surface area contributed by atoms with Crippen LogP contribution in [-0.4, -0.2) is 9.97 Å². The molecule has 0 saturated carbocycles. The van der Waals surface area contributed by atoms with Gasteiger partial charge in [-0.05, 0) is 52.0 Å². The predicted molar refractivity (Wildman–Crippen MR) is 85.1 cm³/mol. The highest BCUT2D eigenvalue weighted by atomic mass is 79.9. The molecule has 0 unspecified atom stereocenters. The molecule has 0 saturated heterocycles. The number of nitrogens with zero attached hydrogens (tertiary/aromatic N) is 2. The fraction of sp³-hybridized carbons (Fsp3) is 0.286. The van der Waals surface area contributed by atoms with Crippen LogP contribution < -0.4 is 4.74 Å². The first-order valence-electron chi connectivity index (χ1n) is 6.04. The van der Waals surface area contributed by atoms with Crippen LogP contribution in [0.5, 0.6) is 11.6 Å². The van der Waals surface area contributed by atoms with Gasteiger partial charge in [0.05, 0.1) is 0 Å². The van der Waals surface area contributed by atoms with Crippen molar-refractivity contribution in [1.82, 2.24) is 9.97 Å². The molecule has 106 valence electrons. The predicted octanol–water partition coefficient (Wildman–Crippen LogP) is 5.77. The highest BCUT2D eigenvalue weighted by Crippen LogP contribution is 2.36. The number of aromatic nitrogens is 2. The van der Waals surface area contributed by atoms with E-state index in [9.17, 15) is 0 Å². The van der Waals surface area contributed by atoms with E-state index in [-0.39, 0.29) is 0 Å². The second-order valence-electron chi connectivity index (χ2n) is 4.68. The zero-order valence-corrected chi connectivity index (χ0v) is 14.3. The molecular weight excluding hydrogens is 363 g/mol. The van der Waals surface area contributed by atoms with E-state index in [0.29, 0.717) is 27.2 Å². The molecule has 1 aromatic carbocycles. The molecular formula is C14H13BrCl2N2O. The van der Waals surface area contributed by atoms with Crippen molar-refractivity contribution in [1.29, 1.82) is 0 Å². The van der Waals surface area contributed by atoms with Crippen molar-refractivity contribution in [3.05, 3.63) is 44.2 Å². The van der Waals surface area contributed by atoms with E-state index in [4.69, 9.17) is 27.9 Å². The summed E-state index contributed by atoms with van der Waals surface area (Å²) >= 11 is 15.5. The molecule has 0 aliphatic carbocycles. The van der Waals surface area contributed by atoms with E-state index in [0.717, 1.165) is 16.1 Å². The van der Waals surface area contributed by atoms with Gasteiger partial charge in [-0.25, -0.2) is 9.97 Å². The highest BCUT2D eigenvalue weighted by Gasteiger charge is 2.14. The third kappa shape index (κ3) is 3.25. The van der Waals surface area contributed by atoms with E-state index in [2.05, 4.69) is 39.7 Å². The summed E-state index contributed by atoms with van der Waals surface area (Å²) in [6, 6.07) is 3.83. The quantitative estimate of drug-likeness (QED) is 0.638. The zero-order chi connectivity index (χ0) is 14.9. The Morgan fingerprint density at radius 3 is 2.55 bits per heavy atom. The number of hydrogen-bond acceptors (Lipinski definition) is 3.